The van der Waals surface area contributed by atoms with Crippen LogP contribution in [-0.2, 0) is 10.0 Å². The van der Waals surface area contributed by atoms with Gasteiger partial charge in [0.05, 0.1) is 4.90 Å². The van der Waals surface area contributed by atoms with E-state index in [-0.39, 0.29) is 0 Å². The molecular formula is C19H22N4O2S. The lowest BCUT2D eigenvalue weighted by molar-refractivity contribution is 0.521. The summed E-state index contributed by atoms with van der Waals surface area (Å²) in [7, 11) is -0.389. The van der Waals surface area contributed by atoms with Gasteiger partial charge in [0.1, 0.15) is 5.65 Å². The highest BCUT2D eigenvalue weighted by molar-refractivity contribution is 7.89. The molecule has 6 nitrogen and oxygen atoms in total. The molecule has 1 aliphatic heterocycles. The molecule has 1 fully saturated rings. The number of aromatic amines is 1. The predicted molar refractivity (Wildman–Crippen MR) is 104 cm³/mol. The molecule has 1 saturated heterocycles. The summed E-state index contributed by atoms with van der Waals surface area (Å²) in [6, 6.07) is 11.3. The molecule has 3 heterocycles. The van der Waals surface area contributed by atoms with E-state index >= 15 is 0 Å². The third-order valence-electron chi connectivity index (χ3n) is 4.88. The van der Waals surface area contributed by atoms with E-state index in [1.807, 2.05) is 24.3 Å². The fraction of sp³-hybridized carbons (Fsp3) is 0.316. The molecule has 2 aromatic heterocycles. The van der Waals surface area contributed by atoms with Crippen molar-refractivity contribution in [3.8, 4) is 11.3 Å². The quantitative estimate of drug-likeness (QED) is 0.766. The van der Waals surface area contributed by atoms with Gasteiger partial charge < -0.3 is 9.88 Å². The predicted octanol–water partition coefficient (Wildman–Crippen LogP) is 3.08. The summed E-state index contributed by atoms with van der Waals surface area (Å²) < 4.78 is 26.5. The van der Waals surface area contributed by atoms with Crippen LogP contribution in [0.4, 0.5) is 5.69 Å². The van der Waals surface area contributed by atoms with E-state index in [1.54, 1.807) is 32.4 Å². The van der Waals surface area contributed by atoms with Crippen molar-refractivity contribution in [2.24, 2.45) is 0 Å². The molecule has 3 aromatic rings. The van der Waals surface area contributed by atoms with Gasteiger partial charge in [-0.3, -0.25) is 0 Å². The molecule has 0 unspecified atom stereocenters. The Morgan fingerprint density at radius 2 is 1.88 bits per heavy atom. The monoisotopic (exact) mass is 370 g/mol. The standard InChI is InChI=1S/C19H22N4O2S/c1-22(2)26(24,25)15-7-8-18(23-10-3-4-11-23)16(13-15)17-12-14-6-5-9-20-19(14)21-17/h5-9,12-13H,3-4,10-11H2,1-2H3,(H,20,21). The van der Waals surface area contributed by atoms with Crippen LogP contribution in [-0.4, -0.2) is 49.9 Å². The van der Waals surface area contributed by atoms with Gasteiger partial charge in [0.15, 0.2) is 0 Å². The SMILES string of the molecule is CN(C)S(=O)(=O)c1ccc(N2CCCC2)c(-c2cc3cccnc3[nH]2)c1. The second-order valence-corrected chi connectivity index (χ2v) is 8.94. The van der Waals surface area contributed by atoms with E-state index in [1.165, 1.54) is 4.31 Å². The maximum absolute atomic E-state index is 12.6. The summed E-state index contributed by atoms with van der Waals surface area (Å²) in [5.74, 6) is 0. The second kappa shape index (κ2) is 6.41. The summed E-state index contributed by atoms with van der Waals surface area (Å²) >= 11 is 0. The molecule has 1 N–H and O–H groups in total. The second-order valence-electron chi connectivity index (χ2n) is 6.78. The Bertz CT molecular complexity index is 1020. The van der Waals surface area contributed by atoms with Crippen LogP contribution in [0.15, 0.2) is 47.5 Å². The molecule has 0 aliphatic carbocycles. The van der Waals surface area contributed by atoms with Crippen LogP contribution >= 0.6 is 0 Å². The molecule has 4 rings (SSSR count). The van der Waals surface area contributed by atoms with E-state index < -0.39 is 10.0 Å². The van der Waals surface area contributed by atoms with E-state index in [9.17, 15) is 8.42 Å². The van der Waals surface area contributed by atoms with Crippen molar-refractivity contribution in [3.63, 3.8) is 0 Å². The first-order valence-electron chi connectivity index (χ1n) is 8.72. The van der Waals surface area contributed by atoms with Crippen molar-refractivity contribution in [1.82, 2.24) is 14.3 Å². The van der Waals surface area contributed by atoms with E-state index in [0.717, 1.165) is 53.9 Å². The van der Waals surface area contributed by atoms with Gasteiger partial charge in [0.25, 0.3) is 0 Å². The highest BCUT2D eigenvalue weighted by Gasteiger charge is 2.23. The number of rotatable bonds is 4. The maximum Gasteiger partial charge on any atom is 0.242 e. The average molecular weight is 370 g/mol. The van der Waals surface area contributed by atoms with Crippen LogP contribution in [0.1, 0.15) is 12.8 Å². The molecule has 0 bridgehead atoms. The van der Waals surface area contributed by atoms with Crippen molar-refractivity contribution in [2.75, 3.05) is 32.1 Å². The lowest BCUT2D eigenvalue weighted by Gasteiger charge is -2.22. The number of nitrogens with zero attached hydrogens (tertiary/aromatic N) is 3. The van der Waals surface area contributed by atoms with Gasteiger partial charge in [-0.1, -0.05) is 0 Å². The van der Waals surface area contributed by atoms with Crippen molar-refractivity contribution in [1.29, 1.82) is 0 Å². The number of hydrogen-bond acceptors (Lipinski definition) is 4. The summed E-state index contributed by atoms with van der Waals surface area (Å²) in [6.45, 7) is 1.98. The number of benzene rings is 1. The molecule has 0 spiro atoms. The van der Waals surface area contributed by atoms with Gasteiger partial charge in [-0.25, -0.2) is 17.7 Å². The first-order valence-corrected chi connectivity index (χ1v) is 10.2. The number of pyridine rings is 1. The number of anilines is 1. The fourth-order valence-corrected chi connectivity index (χ4v) is 4.37. The summed E-state index contributed by atoms with van der Waals surface area (Å²) in [6.07, 6.45) is 4.06. The smallest absolute Gasteiger partial charge is 0.242 e. The first kappa shape index (κ1) is 17.1. The molecule has 0 atom stereocenters. The van der Waals surface area contributed by atoms with Crippen LogP contribution in [0, 0.1) is 0 Å². The van der Waals surface area contributed by atoms with Gasteiger partial charge >= 0.3 is 0 Å². The zero-order valence-electron chi connectivity index (χ0n) is 14.9. The number of sulfonamides is 1. The highest BCUT2D eigenvalue weighted by Crippen LogP contribution is 2.36. The number of fused-ring (bicyclic) bond motifs is 1. The Morgan fingerprint density at radius 1 is 1.12 bits per heavy atom. The number of hydrogen-bond donors (Lipinski definition) is 1. The molecule has 0 radical (unpaired) electrons. The van der Waals surface area contributed by atoms with Crippen LogP contribution in [0.2, 0.25) is 0 Å². The number of aromatic nitrogens is 2. The number of H-pyrrole nitrogens is 1. The highest BCUT2D eigenvalue weighted by atomic mass is 32.2. The zero-order valence-corrected chi connectivity index (χ0v) is 15.8. The van der Waals surface area contributed by atoms with Gasteiger partial charge in [-0.15, -0.1) is 0 Å². The maximum atomic E-state index is 12.6. The zero-order chi connectivity index (χ0) is 18.3. The summed E-state index contributed by atoms with van der Waals surface area (Å²) in [5, 5.41) is 1.01. The molecule has 1 aromatic carbocycles. The van der Waals surface area contributed by atoms with Crippen LogP contribution in [0.5, 0.6) is 0 Å². The average Bonchev–Trinajstić information content (AvgIpc) is 3.30. The van der Waals surface area contributed by atoms with Gasteiger partial charge in [-0.05, 0) is 49.2 Å². The molecule has 0 amide bonds. The lowest BCUT2D eigenvalue weighted by atomic mass is 10.1. The minimum Gasteiger partial charge on any atom is -0.371 e. The molecule has 26 heavy (non-hydrogen) atoms. The molecule has 7 heteroatoms. The van der Waals surface area contributed by atoms with Crippen LogP contribution in [0.3, 0.4) is 0 Å². The Kier molecular flexibility index (Phi) is 4.20. The molecule has 1 aliphatic rings. The lowest BCUT2D eigenvalue weighted by Crippen LogP contribution is -2.23. The van der Waals surface area contributed by atoms with Crippen LogP contribution in [0.25, 0.3) is 22.3 Å². The first-order chi connectivity index (χ1) is 12.5. The largest absolute Gasteiger partial charge is 0.371 e. The molecular weight excluding hydrogens is 348 g/mol. The van der Waals surface area contributed by atoms with Crippen molar-refractivity contribution in [2.45, 2.75) is 17.7 Å². The van der Waals surface area contributed by atoms with Crippen molar-refractivity contribution < 1.29 is 8.42 Å². The van der Waals surface area contributed by atoms with E-state index in [2.05, 4.69) is 14.9 Å². The Balaban J connectivity index is 1.91. The van der Waals surface area contributed by atoms with Crippen LogP contribution < -0.4 is 4.90 Å². The van der Waals surface area contributed by atoms with E-state index in [0.29, 0.717) is 4.90 Å². The van der Waals surface area contributed by atoms with Gasteiger partial charge in [0, 0.05) is 55.7 Å². The van der Waals surface area contributed by atoms with Crippen molar-refractivity contribution >= 4 is 26.7 Å². The Hall–Kier alpha value is -2.38. The summed E-state index contributed by atoms with van der Waals surface area (Å²) in [5.41, 5.74) is 3.65. The topological polar surface area (TPSA) is 69.3 Å². The Labute approximate surface area is 153 Å². The Morgan fingerprint density at radius 3 is 2.58 bits per heavy atom. The summed E-state index contributed by atoms with van der Waals surface area (Å²) in [4.78, 5) is 10.3. The molecule has 136 valence electrons. The normalized spacial score (nSPS) is 15.3. The minimum absolute atomic E-state index is 0.298. The van der Waals surface area contributed by atoms with E-state index in [4.69, 9.17) is 0 Å². The van der Waals surface area contributed by atoms with Gasteiger partial charge in [-0.2, -0.15) is 0 Å². The van der Waals surface area contributed by atoms with Crippen molar-refractivity contribution in [3.05, 3.63) is 42.6 Å². The third kappa shape index (κ3) is 2.87. The third-order valence-corrected chi connectivity index (χ3v) is 6.69. The van der Waals surface area contributed by atoms with Gasteiger partial charge in [0.2, 0.25) is 10.0 Å². The number of nitrogens with one attached hydrogen (secondary N) is 1. The fourth-order valence-electron chi connectivity index (χ4n) is 3.44. The minimum atomic E-state index is -3.49. The molecule has 0 saturated carbocycles.